The van der Waals surface area contributed by atoms with Crippen LogP contribution in [0.15, 0.2) is 6.33 Å². The SMILES string of the molecule is CC(NC(N)=S)c1nncn1C. The maximum Gasteiger partial charge on any atom is 0.164 e. The zero-order valence-electron chi connectivity index (χ0n) is 6.98. The molecule has 0 fully saturated rings. The molecule has 0 saturated heterocycles. The van der Waals surface area contributed by atoms with Crippen molar-refractivity contribution in [2.45, 2.75) is 13.0 Å². The van der Waals surface area contributed by atoms with Gasteiger partial charge in [0.1, 0.15) is 6.33 Å². The molecule has 0 aliphatic heterocycles. The zero-order valence-corrected chi connectivity index (χ0v) is 7.80. The third-order valence-corrected chi connectivity index (χ3v) is 1.61. The van der Waals surface area contributed by atoms with Gasteiger partial charge in [0.25, 0.3) is 0 Å². The van der Waals surface area contributed by atoms with E-state index in [-0.39, 0.29) is 11.2 Å². The molecule has 1 aromatic rings. The van der Waals surface area contributed by atoms with E-state index in [0.717, 1.165) is 5.82 Å². The van der Waals surface area contributed by atoms with E-state index >= 15 is 0 Å². The second-order valence-corrected chi connectivity index (χ2v) is 2.97. The smallest absolute Gasteiger partial charge is 0.164 e. The van der Waals surface area contributed by atoms with Crippen LogP contribution in [0.5, 0.6) is 0 Å². The monoisotopic (exact) mass is 185 g/mol. The Balaban J connectivity index is 2.71. The van der Waals surface area contributed by atoms with Crippen molar-refractivity contribution in [2.24, 2.45) is 12.8 Å². The summed E-state index contributed by atoms with van der Waals surface area (Å²) in [4.78, 5) is 0. The minimum absolute atomic E-state index is 0.00463. The number of nitrogens with one attached hydrogen (secondary N) is 1. The number of aryl methyl sites for hydroxylation is 1. The van der Waals surface area contributed by atoms with Crippen LogP contribution in [0.25, 0.3) is 0 Å². The number of aromatic nitrogens is 3. The van der Waals surface area contributed by atoms with Crippen LogP contribution in [0, 0.1) is 0 Å². The number of hydrogen-bond donors (Lipinski definition) is 2. The van der Waals surface area contributed by atoms with Gasteiger partial charge in [-0.1, -0.05) is 0 Å². The molecule has 12 heavy (non-hydrogen) atoms. The Morgan fingerprint density at radius 1 is 1.83 bits per heavy atom. The highest BCUT2D eigenvalue weighted by Gasteiger charge is 2.10. The summed E-state index contributed by atoms with van der Waals surface area (Å²) in [6, 6.07) is -0.00463. The molecular weight excluding hydrogens is 174 g/mol. The second-order valence-electron chi connectivity index (χ2n) is 2.53. The largest absolute Gasteiger partial charge is 0.376 e. The highest BCUT2D eigenvalue weighted by molar-refractivity contribution is 7.80. The number of hydrogen-bond acceptors (Lipinski definition) is 3. The van der Waals surface area contributed by atoms with Crippen LogP contribution < -0.4 is 11.1 Å². The normalized spacial score (nSPS) is 12.5. The van der Waals surface area contributed by atoms with Crippen LogP contribution in [0.1, 0.15) is 18.8 Å². The van der Waals surface area contributed by atoms with Gasteiger partial charge < -0.3 is 15.6 Å². The molecule has 0 aliphatic rings. The quantitative estimate of drug-likeness (QED) is 0.620. The van der Waals surface area contributed by atoms with Gasteiger partial charge in [0.05, 0.1) is 6.04 Å². The van der Waals surface area contributed by atoms with Crippen molar-refractivity contribution < 1.29 is 0 Å². The summed E-state index contributed by atoms with van der Waals surface area (Å²) in [5.74, 6) is 0.808. The van der Waals surface area contributed by atoms with E-state index in [1.165, 1.54) is 0 Å². The molecule has 0 aliphatic carbocycles. The zero-order chi connectivity index (χ0) is 9.14. The molecule has 3 N–H and O–H groups in total. The molecule has 0 amide bonds. The van der Waals surface area contributed by atoms with Crippen LogP contribution in [0.2, 0.25) is 0 Å². The lowest BCUT2D eigenvalue weighted by Gasteiger charge is -2.11. The number of nitrogens with zero attached hydrogens (tertiary/aromatic N) is 3. The summed E-state index contributed by atoms with van der Waals surface area (Å²) in [6.07, 6.45) is 1.63. The molecule has 66 valence electrons. The third-order valence-electron chi connectivity index (χ3n) is 1.49. The van der Waals surface area contributed by atoms with Gasteiger partial charge in [-0.05, 0) is 19.1 Å². The van der Waals surface area contributed by atoms with Crippen LogP contribution in [0.4, 0.5) is 0 Å². The minimum atomic E-state index is -0.00463. The van der Waals surface area contributed by atoms with Crippen molar-refractivity contribution >= 4 is 17.3 Å². The van der Waals surface area contributed by atoms with Crippen LogP contribution in [-0.2, 0) is 7.05 Å². The first kappa shape index (κ1) is 8.92. The topological polar surface area (TPSA) is 68.8 Å². The van der Waals surface area contributed by atoms with Gasteiger partial charge in [0, 0.05) is 7.05 Å². The molecule has 1 aromatic heterocycles. The van der Waals surface area contributed by atoms with Gasteiger partial charge >= 0.3 is 0 Å². The predicted molar refractivity (Wildman–Crippen MR) is 49.3 cm³/mol. The predicted octanol–water partition coefficient (Wildman–Crippen LogP) is -0.291. The Labute approximate surface area is 76.0 Å². The number of thiocarbonyl (C=S) groups is 1. The summed E-state index contributed by atoms with van der Waals surface area (Å²) < 4.78 is 1.82. The molecule has 0 aromatic carbocycles. The van der Waals surface area contributed by atoms with Crippen LogP contribution in [0.3, 0.4) is 0 Å². The van der Waals surface area contributed by atoms with E-state index in [0.29, 0.717) is 0 Å². The Morgan fingerprint density at radius 2 is 2.50 bits per heavy atom. The average Bonchev–Trinajstić information content (AvgIpc) is 2.33. The van der Waals surface area contributed by atoms with E-state index < -0.39 is 0 Å². The highest BCUT2D eigenvalue weighted by Crippen LogP contribution is 2.05. The summed E-state index contributed by atoms with van der Waals surface area (Å²) in [5.41, 5.74) is 5.31. The first-order chi connectivity index (χ1) is 5.61. The molecule has 0 bridgehead atoms. The standard InChI is InChI=1S/C6H11N5S/c1-4(9-6(7)12)5-10-8-3-11(5)2/h3-4H,1-2H3,(H3,7,9,12). The van der Waals surface area contributed by atoms with Gasteiger partial charge in [-0.25, -0.2) is 0 Å². The lowest BCUT2D eigenvalue weighted by molar-refractivity contribution is 0.627. The molecule has 1 rings (SSSR count). The van der Waals surface area contributed by atoms with Crippen molar-refractivity contribution in [1.82, 2.24) is 20.1 Å². The molecule has 0 saturated carbocycles. The van der Waals surface area contributed by atoms with Crippen LogP contribution >= 0.6 is 12.2 Å². The van der Waals surface area contributed by atoms with Crippen molar-refractivity contribution in [3.63, 3.8) is 0 Å². The lowest BCUT2D eigenvalue weighted by atomic mass is 10.3. The van der Waals surface area contributed by atoms with Crippen molar-refractivity contribution in [2.75, 3.05) is 0 Å². The molecule has 5 nitrogen and oxygen atoms in total. The fourth-order valence-corrected chi connectivity index (χ4v) is 1.14. The Kier molecular flexibility index (Phi) is 2.59. The third kappa shape index (κ3) is 1.91. The van der Waals surface area contributed by atoms with Crippen LogP contribution in [-0.4, -0.2) is 19.9 Å². The molecule has 0 radical (unpaired) electrons. The van der Waals surface area contributed by atoms with Crippen molar-refractivity contribution in [3.8, 4) is 0 Å². The number of rotatable bonds is 2. The van der Waals surface area contributed by atoms with Gasteiger partial charge in [0.15, 0.2) is 10.9 Å². The molecular formula is C6H11N5S. The molecule has 1 atom stereocenters. The van der Waals surface area contributed by atoms with Gasteiger partial charge in [-0.15, -0.1) is 10.2 Å². The average molecular weight is 185 g/mol. The van der Waals surface area contributed by atoms with E-state index in [4.69, 9.17) is 18.0 Å². The van der Waals surface area contributed by atoms with E-state index in [2.05, 4.69) is 15.5 Å². The fraction of sp³-hybridized carbons (Fsp3) is 0.500. The summed E-state index contributed by atoms with van der Waals surface area (Å²) in [6.45, 7) is 1.92. The van der Waals surface area contributed by atoms with E-state index in [9.17, 15) is 0 Å². The van der Waals surface area contributed by atoms with Gasteiger partial charge in [-0.2, -0.15) is 0 Å². The first-order valence-corrected chi connectivity index (χ1v) is 3.92. The summed E-state index contributed by atoms with van der Waals surface area (Å²) in [7, 11) is 1.87. The highest BCUT2D eigenvalue weighted by atomic mass is 32.1. The second kappa shape index (κ2) is 3.48. The van der Waals surface area contributed by atoms with Gasteiger partial charge in [0.2, 0.25) is 0 Å². The number of nitrogens with two attached hydrogens (primary N) is 1. The molecule has 6 heteroatoms. The Morgan fingerprint density at radius 3 is 2.92 bits per heavy atom. The summed E-state index contributed by atoms with van der Waals surface area (Å²) >= 11 is 4.70. The van der Waals surface area contributed by atoms with Crippen molar-refractivity contribution in [3.05, 3.63) is 12.2 Å². The fourth-order valence-electron chi connectivity index (χ4n) is 0.962. The lowest BCUT2D eigenvalue weighted by Crippen LogP contribution is -2.32. The minimum Gasteiger partial charge on any atom is -0.376 e. The van der Waals surface area contributed by atoms with E-state index in [1.54, 1.807) is 6.33 Å². The Bertz CT molecular complexity index is 281. The van der Waals surface area contributed by atoms with E-state index in [1.807, 2.05) is 18.5 Å². The first-order valence-electron chi connectivity index (χ1n) is 3.51. The molecule has 1 heterocycles. The maximum atomic E-state index is 5.31. The van der Waals surface area contributed by atoms with Crippen molar-refractivity contribution in [1.29, 1.82) is 0 Å². The van der Waals surface area contributed by atoms with Gasteiger partial charge in [-0.3, -0.25) is 0 Å². The molecule has 1 unspecified atom stereocenters. The maximum absolute atomic E-state index is 5.31. The molecule has 0 spiro atoms. The Hall–Kier alpha value is -1.17. The summed E-state index contributed by atoms with van der Waals surface area (Å²) in [5, 5.41) is 10.8.